The predicted molar refractivity (Wildman–Crippen MR) is 156 cm³/mol. The van der Waals surface area contributed by atoms with E-state index < -0.39 is 99.5 Å². The van der Waals surface area contributed by atoms with Crippen molar-refractivity contribution in [1.82, 2.24) is 10.6 Å². The Morgan fingerprint density at radius 3 is 1.96 bits per heavy atom. The summed E-state index contributed by atoms with van der Waals surface area (Å²) in [6.45, 7) is 8.16. The van der Waals surface area contributed by atoms with Crippen LogP contribution < -0.4 is 10.6 Å². The third-order valence-electron chi connectivity index (χ3n) is 12.2. The number of aliphatic hydroxyl groups is 2. The van der Waals surface area contributed by atoms with Crippen molar-refractivity contribution in [2.75, 3.05) is 48.6 Å². The molecule has 3 aliphatic carbocycles. The fourth-order valence-electron chi connectivity index (χ4n) is 11.3. The number of carbonyl (C=O) groups excluding carboxylic acids is 3. The summed E-state index contributed by atoms with van der Waals surface area (Å²) in [5.74, 6) is -3.39. The minimum Gasteiger partial charge on any atom is -0.462 e. The number of ether oxygens (including phenoxy) is 7. The largest absolute Gasteiger partial charge is 0.462 e. The molecule has 4 bridgehead atoms. The lowest BCUT2D eigenvalue weighted by Gasteiger charge is -2.70. The molecule has 0 radical (unpaired) electrons. The zero-order valence-corrected chi connectivity index (χ0v) is 27.9. The molecule has 14 nitrogen and oxygen atoms in total. The molecule has 1 spiro atoms. The van der Waals surface area contributed by atoms with Gasteiger partial charge in [0.2, 0.25) is 0 Å². The molecule has 2 aliphatic heterocycles. The number of hydrogen-bond acceptors (Lipinski definition) is 14. The maximum atomic E-state index is 13.3. The van der Waals surface area contributed by atoms with Crippen molar-refractivity contribution < 1.29 is 57.8 Å². The minimum absolute atomic E-state index is 0.0377. The van der Waals surface area contributed by atoms with Gasteiger partial charge in [-0.25, -0.2) is 0 Å². The number of nitrogens with one attached hydrogen (secondary N) is 2. The molecule has 0 amide bonds. The number of methoxy groups -OCH3 is 4. The molecule has 4 N–H and O–H groups in total. The van der Waals surface area contributed by atoms with E-state index in [9.17, 15) is 24.6 Å². The van der Waals surface area contributed by atoms with Crippen LogP contribution in [0.1, 0.15) is 47.5 Å². The lowest BCUT2D eigenvalue weighted by Crippen LogP contribution is -2.87. The maximum absolute atomic E-state index is 13.3. The average Bonchev–Trinajstić information content (AvgIpc) is 3.40. The number of carbonyl (C=O) groups is 3. The monoisotopic (exact) mass is 642 g/mol. The van der Waals surface area contributed by atoms with Gasteiger partial charge in [-0.05, 0) is 13.5 Å². The van der Waals surface area contributed by atoms with Crippen molar-refractivity contribution >= 4 is 17.9 Å². The van der Waals surface area contributed by atoms with Crippen LogP contribution in [-0.2, 0) is 47.5 Å². The van der Waals surface area contributed by atoms with E-state index in [1.165, 1.54) is 35.0 Å². The van der Waals surface area contributed by atoms with Crippen molar-refractivity contribution in [2.24, 2.45) is 22.7 Å². The normalized spacial score (nSPS) is 50.9. The number of likely N-dealkylation sites (N-methyl/N-ethyl adjacent to an activating group) is 1. The Kier molecular flexibility index (Phi) is 8.48. The van der Waals surface area contributed by atoms with E-state index >= 15 is 0 Å². The third kappa shape index (κ3) is 4.06. The van der Waals surface area contributed by atoms with Crippen LogP contribution in [0.15, 0.2) is 0 Å². The fraction of sp³-hybridized carbons (Fsp3) is 0.903. The zero-order valence-electron chi connectivity index (χ0n) is 27.9. The molecule has 45 heavy (non-hydrogen) atoms. The first-order valence-corrected chi connectivity index (χ1v) is 15.5. The Bertz CT molecular complexity index is 1220. The van der Waals surface area contributed by atoms with E-state index in [2.05, 4.69) is 10.6 Å². The van der Waals surface area contributed by atoms with Gasteiger partial charge in [0.05, 0.1) is 24.3 Å². The predicted octanol–water partition coefficient (Wildman–Crippen LogP) is -0.685. The Morgan fingerprint density at radius 2 is 1.47 bits per heavy atom. The average molecular weight is 643 g/mol. The van der Waals surface area contributed by atoms with E-state index in [0.717, 1.165) is 0 Å². The molecular formula is C31H50N2O12. The van der Waals surface area contributed by atoms with Gasteiger partial charge in [-0.1, -0.05) is 13.8 Å². The lowest BCUT2D eigenvalue weighted by molar-refractivity contribution is -0.307. The van der Waals surface area contributed by atoms with E-state index in [1.54, 1.807) is 21.3 Å². The zero-order chi connectivity index (χ0) is 33.5. The number of hydrogen-bond donors (Lipinski definition) is 4. The number of esters is 3. The number of rotatable bonds is 10. The summed E-state index contributed by atoms with van der Waals surface area (Å²) in [5.41, 5.74) is -8.24. The van der Waals surface area contributed by atoms with Gasteiger partial charge in [0.15, 0.2) is 6.10 Å². The van der Waals surface area contributed by atoms with Gasteiger partial charge >= 0.3 is 17.9 Å². The summed E-state index contributed by atoms with van der Waals surface area (Å²) >= 11 is 0. The molecule has 5 fully saturated rings. The molecule has 14 heteroatoms. The molecule has 5 rings (SSSR count). The molecule has 256 valence electrons. The highest BCUT2D eigenvalue weighted by molar-refractivity contribution is 5.68. The molecule has 0 aromatic heterocycles. The van der Waals surface area contributed by atoms with E-state index in [1.807, 2.05) is 13.8 Å². The van der Waals surface area contributed by atoms with Crippen molar-refractivity contribution in [3.05, 3.63) is 0 Å². The number of piperidine rings is 1. The van der Waals surface area contributed by atoms with Crippen molar-refractivity contribution in [2.45, 2.75) is 106 Å². The Balaban J connectivity index is 1.91. The van der Waals surface area contributed by atoms with Gasteiger partial charge in [0.25, 0.3) is 0 Å². The van der Waals surface area contributed by atoms with Gasteiger partial charge in [-0.3, -0.25) is 19.7 Å². The first kappa shape index (κ1) is 34.4. The van der Waals surface area contributed by atoms with Crippen LogP contribution in [0.3, 0.4) is 0 Å². The highest BCUT2D eigenvalue weighted by atomic mass is 16.6. The van der Waals surface area contributed by atoms with Gasteiger partial charge in [0.1, 0.15) is 35.1 Å². The first-order valence-electron chi connectivity index (χ1n) is 15.5. The van der Waals surface area contributed by atoms with Crippen LogP contribution >= 0.6 is 0 Å². The fourth-order valence-corrected chi connectivity index (χ4v) is 11.3. The van der Waals surface area contributed by atoms with Gasteiger partial charge in [-0.15, -0.1) is 0 Å². The van der Waals surface area contributed by atoms with E-state index in [-0.39, 0.29) is 26.0 Å². The standard InChI is InChI=1S/C31H50N2O12/c1-15(34)43-18-11-28(42-10,13-32-6)31-20(26(18,4)14-39-7)19(40-8)22(33-31)30(38)21-23(44-16(2)35)29(37,12-27(21,31)5)24(41-9)25(30)45-17(3)36/h18-25,32-33,37-38H,11-14H2,1-10H3/t18-,19-,20-,21+,22-,23-,24+,25+,26+,27-,28?,29-,30-,31?/m1/s1. The highest BCUT2D eigenvalue weighted by Crippen LogP contribution is 2.77. The molecule has 2 heterocycles. The van der Waals surface area contributed by atoms with Gasteiger partial charge in [-0.2, -0.15) is 0 Å². The SMILES string of the molecule is CNCC1(OC)C[C@@H](OC(C)=O)[C@](C)(COC)[C@H]2[C@@H](OC)[C@H]3NC21[C@]1(C)C[C@@]2(O)[C@H](OC(C)=O)[C@@H]1[C@]3(O)[C@@H](OC(C)=O)[C@@H]2OC. The van der Waals surface area contributed by atoms with Crippen LogP contribution in [-0.4, -0.2) is 136 Å². The molecule has 2 saturated heterocycles. The molecule has 0 aromatic rings. The van der Waals surface area contributed by atoms with Crippen molar-refractivity contribution in [1.29, 1.82) is 0 Å². The van der Waals surface area contributed by atoms with Gasteiger partial charge < -0.3 is 48.7 Å². The molecular weight excluding hydrogens is 592 g/mol. The Hall–Kier alpha value is -1.91. The number of fused-ring (bicyclic) bond motifs is 3. The summed E-state index contributed by atoms with van der Waals surface area (Å²) in [4.78, 5) is 37.9. The molecule has 5 aliphatic rings. The smallest absolute Gasteiger partial charge is 0.303 e. The molecule has 3 saturated carbocycles. The van der Waals surface area contributed by atoms with Crippen LogP contribution in [0.4, 0.5) is 0 Å². The maximum Gasteiger partial charge on any atom is 0.303 e. The summed E-state index contributed by atoms with van der Waals surface area (Å²) in [6, 6.07) is -0.966. The summed E-state index contributed by atoms with van der Waals surface area (Å²) in [6.07, 6.45) is -5.23. The van der Waals surface area contributed by atoms with Gasteiger partial charge in [0, 0.05) is 84.8 Å². The Morgan fingerprint density at radius 1 is 0.867 bits per heavy atom. The van der Waals surface area contributed by atoms with Crippen LogP contribution in [0.25, 0.3) is 0 Å². The van der Waals surface area contributed by atoms with E-state index in [4.69, 9.17) is 33.2 Å². The van der Waals surface area contributed by atoms with Crippen LogP contribution in [0.5, 0.6) is 0 Å². The second kappa shape index (κ2) is 11.1. The lowest BCUT2D eigenvalue weighted by atomic mass is 9.42. The topological polar surface area (TPSA) is 180 Å². The summed E-state index contributed by atoms with van der Waals surface area (Å²) in [7, 11) is 7.85. The molecule has 2 unspecified atom stereocenters. The van der Waals surface area contributed by atoms with Crippen molar-refractivity contribution in [3.63, 3.8) is 0 Å². The van der Waals surface area contributed by atoms with Crippen LogP contribution in [0, 0.1) is 22.7 Å². The summed E-state index contributed by atoms with van der Waals surface area (Å²) < 4.78 is 42.5. The van der Waals surface area contributed by atoms with Crippen molar-refractivity contribution in [3.8, 4) is 0 Å². The first-order chi connectivity index (χ1) is 21.0. The second-order valence-electron chi connectivity index (χ2n) is 14.2. The second-order valence-corrected chi connectivity index (χ2v) is 14.2. The molecule has 14 atom stereocenters. The Labute approximate surface area is 264 Å². The third-order valence-corrected chi connectivity index (χ3v) is 12.2. The molecule has 0 aromatic carbocycles. The minimum atomic E-state index is -1.99. The highest BCUT2D eigenvalue weighted by Gasteiger charge is 2.92. The quantitative estimate of drug-likeness (QED) is 0.174. The van der Waals surface area contributed by atoms with Crippen LogP contribution in [0.2, 0.25) is 0 Å². The van der Waals surface area contributed by atoms with E-state index in [0.29, 0.717) is 0 Å². The summed E-state index contributed by atoms with van der Waals surface area (Å²) in [5, 5.41) is 33.1.